The van der Waals surface area contributed by atoms with Crippen molar-refractivity contribution in [2.45, 2.75) is 5.41 Å². The van der Waals surface area contributed by atoms with Crippen molar-refractivity contribution in [1.82, 2.24) is 0 Å². The monoisotopic (exact) mass is 513 g/mol. The molecule has 40 heavy (non-hydrogen) atoms. The molecule has 0 spiro atoms. The van der Waals surface area contributed by atoms with Gasteiger partial charge in [0, 0.05) is 5.56 Å². The molecular formula is C38H27NO. The Morgan fingerprint density at radius 1 is 0.450 bits per heavy atom. The van der Waals surface area contributed by atoms with Crippen molar-refractivity contribution < 1.29 is 4.79 Å². The molecular weight excluding hydrogens is 486 g/mol. The van der Waals surface area contributed by atoms with Gasteiger partial charge in [0.2, 0.25) is 5.91 Å². The second-order valence-corrected chi connectivity index (χ2v) is 10.2. The highest BCUT2D eigenvalue weighted by atomic mass is 16.1. The minimum absolute atomic E-state index is 0.429. The predicted molar refractivity (Wildman–Crippen MR) is 163 cm³/mol. The normalized spacial score (nSPS) is 12.9. The molecule has 0 aliphatic heterocycles. The number of fused-ring (bicyclic) bond motifs is 3. The van der Waals surface area contributed by atoms with Crippen LogP contribution in [-0.2, 0) is 5.41 Å². The van der Waals surface area contributed by atoms with Crippen LogP contribution in [-0.4, -0.2) is 5.91 Å². The minimum Gasteiger partial charge on any atom is -0.366 e. The topological polar surface area (TPSA) is 43.1 Å². The van der Waals surface area contributed by atoms with Gasteiger partial charge in [-0.05, 0) is 67.8 Å². The van der Waals surface area contributed by atoms with Crippen LogP contribution in [0, 0.1) is 0 Å². The summed E-state index contributed by atoms with van der Waals surface area (Å²) in [4.78, 5) is 12.3. The molecule has 190 valence electrons. The van der Waals surface area contributed by atoms with Gasteiger partial charge in [-0.2, -0.15) is 0 Å². The molecule has 2 nitrogen and oxygen atoms in total. The van der Waals surface area contributed by atoms with E-state index >= 15 is 0 Å². The summed E-state index contributed by atoms with van der Waals surface area (Å²) in [6.45, 7) is 0. The van der Waals surface area contributed by atoms with E-state index in [2.05, 4.69) is 121 Å². The van der Waals surface area contributed by atoms with E-state index in [1.54, 1.807) is 6.07 Å². The number of carbonyl (C=O) groups excluding carboxylic acids is 1. The average Bonchev–Trinajstić information content (AvgIpc) is 3.32. The molecule has 0 unspecified atom stereocenters. The van der Waals surface area contributed by atoms with Gasteiger partial charge in [0.05, 0.1) is 5.41 Å². The Morgan fingerprint density at radius 2 is 0.950 bits per heavy atom. The maximum atomic E-state index is 12.3. The molecule has 6 aromatic carbocycles. The van der Waals surface area contributed by atoms with Crippen molar-refractivity contribution in [3.05, 3.63) is 179 Å². The second-order valence-electron chi connectivity index (χ2n) is 10.2. The Kier molecular flexibility index (Phi) is 5.68. The first-order chi connectivity index (χ1) is 19.7. The second kappa shape index (κ2) is 9.52. The summed E-state index contributed by atoms with van der Waals surface area (Å²) >= 11 is 0. The molecule has 1 aliphatic rings. The molecule has 0 bridgehead atoms. The van der Waals surface area contributed by atoms with Gasteiger partial charge in [-0.3, -0.25) is 4.79 Å². The van der Waals surface area contributed by atoms with E-state index in [4.69, 9.17) is 5.73 Å². The third kappa shape index (κ3) is 3.54. The molecule has 0 radical (unpaired) electrons. The molecule has 0 aromatic heterocycles. The van der Waals surface area contributed by atoms with Crippen LogP contribution in [0.4, 0.5) is 0 Å². The lowest BCUT2D eigenvalue weighted by molar-refractivity contribution is 0.100. The number of primary amides is 1. The SMILES string of the molecule is NC(=O)c1ccccc1-c1ccccc1-c1ccc2c(c1)C(c1ccccc1)(c1ccccc1)c1ccccc1-2. The zero-order valence-corrected chi connectivity index (χ0v) is 21.9. The average molecular weight is 514 g/mol. The van der Waals surface area contributed by atoms with E-state index in [1.165, 1.54) is 33.4 Å². The summed E-state index contributed by atoms with van der Waals surface area (Å²) in [6, 6.07) is 53.0. The van der Waals surface area contributed by atoms with Crippen molar-refractivity contribution in [2.24, 2.45) is 5.73 Å². The molecule has 0 saturated carbocycles. The van der Waals surface area contributed by atoms with Crippen LogP contribution >= 0.6 is 0 Å². The summed E-state index contributed by atoms with van der Waals surface area (Å²) in [7, 11) is 0. The van der Waals surface area contributed by atoms with Gasteiger partial charge in [-0.1, -0.05) is 140 Å². The number of amides is 1. The van der Waals surface area contributed by atoms with Crippen molar-refractivity contribution in [3.63, 3.8) is 0 Å². The molecule has 0 atom stereocenters. The third-order valence-corrected chi connectivity index (χ3v) is 8.18. The minimum atomic E-state index is -0.468. The first-order valence-corrected chi connectivity index (χ1v) is 13.5. The third-order valence-electron chi connectivity index (χ3n) is 8.18. The fraction of sp³-hybridized carbons (Fsp3) is 0.0263. The first-order valence-electron chi connectivity index (χ1n) is 13.5. The number of nitrogens with two attached hydrogens (primary N) is 1. The smallest absolute Gasteiger partial charge is 0.249 e. The predicted octanol–water partition coefficient (Wildman–Crippen LogP) is 8.48. The van der Waals surface area contributed by atoms with Crippen LogP contribution in [0.25, 0.3) is 33.4 Å². The van der Waals surface area contributed by atoms with Crippen LogP contribution in [0.2, 0.25) is 0 Å². The van der Waals surface area contributed by atoms with E-state index in [0.29, 0.717) is 5.56 Å². The van der Waals surface area contributed by atoms with Gasteiger partial charge in [-0.15, -0.1) is 0 Å². The Bertz CT molecular complexity index is 1830. The quantitative estimate of drug-likeness (QED) is 0.246. The van der Waals surface area contributed by atoms with Gasteiger partial charge < -0.3 is 5.73 Å². The molecule has 6 aromatic rings. The number of carbonyl (C=O) groups is 1. The fourth-order valence-electron chi connectivity index (χ4n) is 6.51. The summed E-state index contributed by atoms with van der Waals surface area (Å²) in [5.41, 5.74) is 17.3. The van der Waals surface area contributed by atoms with E-state index in [9.17, 15) is 4.79 Å². The highest BCUT2D eigenvalue weighted by Gasteiger charge is 2.46. The zero-order valence-electron chi connectivity index (χ0n) is 21.9. The number of hydrogen-bond donors (Lipinski definition) is 1. The van der Waals surface area contributed by atoms with E-state index in [0.717, 1.165) is 22.3 Å². The molecule has 2 N–H and O–H groups in total. The summed E-state index contributed by atoms with van der Waals surface area (Å²) in [5, 5.41) is 0. The van der Waals surface area contributed by atoms with E-state index in [1.807, 2.05) is 24.3 Å². The van der Waals surface area contributed by atoms with Crippen LogP contribution in [0.15, 0.2) is 152 Å². The van der Waals surface area contributed by atoms with Crippen LogP contribution in [0.5, 0.6) is 0 Å². The lowest BCUT2D eigenvalue weighted by atomic mass is 9.67. The lowest BCUT2D eigenvalue weighted by Gasteiger charge is -2.34. The zero-order chi connectivity index (χ0) is 27.1. The maximum Gasteiger partial charge on any atom is 0.249 e. The highest BCUT2D eigenvalue weighted by molar-refractivity contribution is 6.02. The Balaban J connectivity index is 1.54. The van der Waals surface area contributed by atoms with Crippen molar-refractivity contribution in [3.8, 4) is 33.4 Å². The van der Waals surface area contributed by atoms with Crippen LogP contribution in [0.1, 0.15) is 32.6 Å². The van der Waals surface area contributed by atoms with Crippen LogP contribution < -0.4 is 5.73 Å². The summed E-state index contributed by atoms with van der Waals surface area (Å²) < 4.78 is 0. The highest BCUT2D eigenvalue weighted by Crippen LogP contribution is 2.56. The molecule has 0 saturated heterocycles. The fourth-order valence-corrected chi connectivity index (χ4v) is 6.51. The van der Waals surface area contributed by atoms with E-state index in [-0.39, 0.29) is 0 Å². The Labute approximate surface area is 234 Å². The van der Waals surface area contributed by atoms with Gasteiger partial charge in [0.1, 0.15) is 0 Å². The number of benzene rings is 6. The molecule has 0 fully saturated rings. The molecule has 2 heteroatoms. The summed E-state index contributed by atoms with van der Waals surface area (Å²) in [6.07, 6.45) is 0. The van der Waals surface area contributed by atoms with Gasteiger partial charge in [0.25, 0.3) is 0 Å². The van der Waals surface area contributed by atoms with Crippen molar-refractivity contribution >= 4 is 5.91 Å². The van der Waals surface area contributed by atoms with Gasteiger partial charge >= 0.3 is 0 Å². The molecule has 7 rings (SSSR count). The van der Waals surface area contributed by atoms with Gasteiger partial charge in [0.15, 0.2) is 0 Å². The largest absolute Gasteiger partial charge is 0.366 e. The van der Waals surface area contributed by atoms with Crippen molar-refractivity contribution in [1.29, 1.82) is 0 Å². The Morgan fingerprint density at radius 3 is 1.60 bits per heavy atom. The van der Waals surface area contributed by atoms with Crippen molar-refractivity contribution in [2.75, 3.05) is 0 Å². The number of rotatable bonds is 5. The first kappa shape index (κ1) is 23.9. The Hall–Kier alpha value is -5.21. The molecule has 0 heterocycles. The van der Waals surface area contributed by atoms with Crippen LogP contribution in [0.3, 0.4) is 0 Å². The summed E-state index contributed by atoms with van der Waals surface area (Å²) in [5.74, 6) is -0.429. The standard InChI is InChI=1S/C38H27NO/c39-37(40)34-21-10-9-19-31(34)30-18-8-7-17-29(30)26-23-24-33-32-20-11-12-22-35(32)38(36(33)25-26,27-13-3-1-4-14-27)28-15-5-2-6-16-28/h1-25H,(H2,39,40). The number of hydrogen-bond acceptors (Lipinski definition) is 1. The van der Waals surface area contributed by atoms with E-state index < -0.39 is 11.3 Å². The molecule has 1 amide bonds. The lowest BCUT2D eigenvalue weighted by Crippen LogP contribution is -2.28. The molecule has 1 aliphatic carbocycles. The van der Waals surface area contributed by atoms with Gasteiger partial charge in [-0.25, -0.2) is 0 Å². The maximum absolute atomic E-state index is 12.3.